The van der Waals surface area contributed by atoms with E-state index in [0.717, 1.165) is 28.3 Å². The fraction of sp³-hybridized carbons (Fsp3) is 0.350. The molecule has 0 spiro atoms. The lowest BCUT2D eigenvalue weighted by Gasteiger charge is -2.21. The van der Waals surface area contributed by atoms with E-state index in [4.69, 9.17) is 4.42 Å². The smallest absolute Gasteiger partial charge is 0.287 e. The van der Waals surface area contributed by atoms with Crippen molar-refractivity contribution in [2.75, 3.05) is 6.54 Å². The Labute approximate surface area is 135 Å². The van der Waals surface area contributed by atoms with Crippen molar-refractivity contribution in [3.05, 3.63) is 48.2 Å². The number of furan rings is 1. The Hall–Kier alpha value is -2.29. The van der Waals surface area contributed by atoms with Gasteiger partial charge in [0.25, 0.3) is 5.91 Å². The summed E-state index contributed by atoms with van der Waals surface area (Å²) in [6.07, 6.45) is 6.37. The molecule has 3 aromatic rings. The van der Waals surface area contributed by atoms with Gasteiger partial charge in [0.05, 0.1) is 0 Å². The summed E-state index contributed by atoms with van der Waals surface area (Å²) < 4.78 is 5.77. The fourth-order valence-corrected chi connectivity index (χ4v) is 3.62. The molecule has 1 amide bonds. The summed E-state index contributed by atoms with van der Waals surface area (Å²) >= 11 is 0. The first kappa shape index (κ1) is 14.3. The van der Waals surface area contributed by atoms with Crippen LogP contribution in [-0.2, 0) is 0 Å². The molecule has 1 fully saturated rings. The molecular weight excluding hydrogens is 286 g/mol. The van der Waals surface area contributed by atoms with Crippen LogP contribution < -0.4 is 5.32 Å². The van der Waals surface area contributed by atoms with Gasteiger partial charge in [0.15, 0.2) is 5.76 Å². The summed E-state index contributed by atoms with van der Waals surface area (Å²) in [6.45, 7) is 0.761. The monoisotopic (exact) mass is 307 g/mol. The maximum atomic E-state index is 12.4. The van der Waals surface area contributed by atoms with E-state index >= 15 is 0 Å². The third-order valence-corrected chi connectivity index (χ3v) is 4.93. The van der Waals surface area contributed by atoms with Gasteiger partial charge >= 0.3 is 0 Å². The number of hydrogen-bond donors (Lipinski definition) is 1. The van der Waals surface area contributed by atoms with Gasteiger partial charge in [-0.2, -0.15) is 0 Å². The van der Waals surface area contributed by atoms with Gasteiger partial charge < -0.3 is 9.73 Å². The lowest BCUT2D eigenvalue weighted by molar-refractivity contribution is 0.0918. The van der Waals surface area contributed by atoms with Crippen LogP contribution in [0.5, 0.6) is 0 Å². The van der Waals surface area contributed by atoms with Crippen LogP contribution in [0.4, 0.5) is 0 Å². The molecule has 1 heterocycles. The van der Waals surface area contributed by atoms with Crippen molar-refractivity contribution >= 4 is 27.6 Å². The summed E-state index contributed by atoms with van der Waals surface area (Å²) in [6, 6.07) is 14.0. The van der Waals surface area contributed by atoms with Gasteiger partial charge in [0.1, 0.15) is 5.58 Å². The van der Waals surface area contributed by atoms with Crippen molar-refractivity contribution < 1.29 is 9.21 Å². The highest BCUT2D eigenvalue weighted by Crippen LogP contribution is 2.28. The van der Waals surface area contributed by atoms with Crippen LogP contribution in [0.25, 0.3) is 21.7 Å². The zero-order chi connectivity index (χ0) is 15.6. The average Bonchev–Trinajstić information content (AvgIpc) is 3.05. The lowest BCUT2D eigenvalue weighted by atomic mass is 9.89. The molecule has 0 aliphatic heterocycles. The van der Waals surface area contributed by atoms with Gasteiger partial charge in [0.2, 0.25) is 0 Å². The average molecular weight is 307 g/mol. The van der Waals surface area contributed by atoms with Gasteiger partial charge in [-0.1, -0.05) is 49.6 Å². The Kier molecular flexibility index (Phi) is 3.78. The summed E-state index contributed by atoms with van der Waals surface area (Å²) in [4.78, 5) is 12.4. The molecular formula is C20H21NO2. The minimum atomic E-state index is -0.101. The van der Waals surface area contributed by atoms with E-state index in [-0.39, 0.29) is 5.91 Å². The number of rotatable bonds is 3. The van der Waals surface area contributed by atoms with Crippen LogP contribution in [0.15, 0.2) is 46.9 Å². The van der Waals surface area contributed by atoms with Crippen LogP contribution in [-0.4, -0.2) is 12.5 Å². The SMILES string of the molecule is O=C(NCC1CCCCC1)c1cc2c(ccc3ccccc32)o1. The normalized spacial score (nSPS) is 16.0. The second kappa shape index (κ2) is 6.07. The van der Waals surface area contributed by atoms with E-state index in [2.05, 4.69) is 17.4 Å². The number of carbonyl (C=O) groups is 1. The Morgan fingerprint density at radius 2 is 1.87 bits per heavy atom. The minimum absolute atomic E-state index is 0.101. The number of carbonyl (C=O) groups excluding carboxylic acids is 1. The first-order chi connectivity index (χ1) is 11.3. The summed E-state index contributed by atoms with van der Waals surface area (Å²) in [5, 5.41) is 6.34. The molecule has 0 unspecified atom stereocenters. The molecule has 1 aromatic heterocycles. The van der Waals surface area contributed by atoms with Gasteiger partial charge in [-0.15, -0.1) is 0 Å². The molecule has 1 aliphatic carbocycles. The molecule has 4 rings (SSSR count). The molecule has 1 N–H and O–H groups in total. The lowest BCUT2D eigenvalue weighted by Crippen LogP contribution is -2.29. The van der Waals surface area contributed by atoms with Crippen molar-refractivity contribution in [2.24, 2.45) is 5.92 Å². The molecule has 118 valence electrons. The zero-order valence-electron chi connectivity index (χ0n) is 13.2. The third kappa shape index (κ3) is 2.83. The predicted molar refractivity (Wildman–Crippen MR) is 92.6 cm³/mol. The molecule has 3 nitrogen and oxygen atoms in total. The van der Waals surface area contributed by atoms with Crippen molar-refractivity contribution in [1.29, 1.82) is 0 Å². The number of nitrogens with one attached hydrogen (secondary N) is 1. The number of hydrogen-bond acceptors (Lipinski definition) is 2. The van der Waals surface area contributed by atoms with Crippen molar-refractivity contribution in [3.63, 3.8) is 0 Å². The van der Waals surface area contributed by atoms with Crippen LogP contribution >= 0.6 is 0 Å². The molecule has 23 heavy (non-hydrogen) atoms. The van der Waals surface area contributed by atoms with Crippen LogP contribution in [0.1, 0.15) is 42.7 Å². The van der Waals surface area contributed by atoms with Crippen LogP contribution in [0.2, 0.25) is 0 Å². The second-order valence-electron chi connectivity index (χ2n) is 6.52. The summed E-state index contributed by atoms with van der Waals surface area (Å²) in [5.74, 6) is 0.931. The number of amides is 1. The Morgan fingerprint density at radius 1 is 1.04 bits per heavy atom. The van der Waals surface area contributed by atoms with Crippen molar-refractivity contribution in [3.8, 4) is 0 Å². The van der Waals surface area contributed by atoms with E-state index in [1.54, 1.807) is 0 Å². The largest absolute Gasteiger partial charge is 0.451 e. The van der Waals surface area contributed by atoms with Gasteiger partial charge in [-0.05, 0) is 41.7 Å². The molecule has 0 radical (unpaired) electrons. The van der Waals surface area contributed by atoms with E-state index in [1.807, 2.05) is 30.3 Å². The number of benzene rings is 2. The van der Waals surface area contributed by atoms with Gasteiger partial charge in [0, 0.05) is 11.9 Å². The van der Waals surface area contributed by atoms with Crippen molar-refractivity contribution in [2.45, 2.75) is 32.1 Å². The molecule has 0 saturated heterocycles. The Bertz CT molecular complexity index is 843. The highest BCUT2D eigenvalue weighted by Gasteiger charge is 2.17. The van der Waals surface area contributed by atoms with Crippen LogP contribution in [0, 0.1) is 5.92 Å². The third-order valence-electron chi connectivity index (χ3n) is 4.93. The molecule has 2 aromatic carbocycles. The molecule has 1 aliphatic rings. The van der Waals surface area contributed by atoms with Crippen LogP contribution in [0.3, 0.4) is 0 Å². The zero-order valence-corrected chi connectivity index (χ0v) is 13.2. The maximum Gasteiger partial charge on any atom is 0.287 e. The van der Waals surface area contributed by atoms with Crippen molar-refractivity contribution in [1.82, 2.24) is 5.32 Å². The first-order valence-corrected chi connectivity index (χ1v) is 8.51. The first-order valence-electron chi connectivity index (χ1n) is 8.51. The minimum Gasteiger partial charge on any atom is -0.451 e. The van der Waals surface area contributed by atoms with Gasteiger partial charge in [-0.25, -0.2) is 0 Å². The maximum absolute atomic E-state index is 12.4. The topological polar surface area (TPSA) is 42.2 Å². The standard InChI is InChI=1S/C20H21NO2/c22-20(21-13-14-6-2-1-3-7-14)19-12-17-16-9-5-4-8-15(16)10-11-18(17)23-19/h4-5,8-12,14H,1-3,6-7,13H2,(H,21,22). The summed E-state index contributed by atoms with van der Waals surface area (Å²) in [5.41, 5.74) is 0.770. The molecule has 1 saturated carbocycles. The molecule has 3 heteroatoms. The van der Waals surface area contributed by atoms with E-state index in [9.17, 15) is 4.79 Å². The second-order valence-corrected chi connectivity index (χ2v) is 6.52. The highest BCUT2D eigenvalue weighted by molar-refractivity contribution is 6.08. The summed E-state index contributed by atoms with van der Waals surface area (Å²) in [7, 11) is 0. The van der Waals surface area contributed by atoms with Gasteiger partial charge in [-0.3, -0.25) is 4.79 Å². The van der Waals surface area contributed by atoms with E-state index < -0.39 is 0 Å². The Morgan fingerprint density at radius 3 is 2.74 bits per heavy atom. The van der Waals surface area contributed by atoms with E-state index in [0.29, 0.717) is 11.7 Å². The molecule has 0 atom stereocenters. The Balaban J connectivity index is 1.56. The quantitative estimate of drug-likeness (QED) is 0.748. The fourth-order valence-electron chi connectivity index (χ4n) is 3.62. The number of fused-ring (bicyclic) bond motifs is 3. The predicted octanol–water partition coefficient (Wildman–Crippen LogP) is 4.90. The van der Waals surface area contributed by atoms with E-state index in [1.165, 1.54) is 32.1 Å². The molecule has 0 bridgehead atoms. The highest BCUT2D eigenvalue weighted by atomic mass is 16.3.